The van der Waals surface area contributed by atoms with Crippen molar-refractivity contribution in [3.63, 3.8) is 0 Å². The second-order valence-corrected chi connectivity index (χ2v) is 4.56. The van der Waals surface area contributed by atoms with Crippen LogP contribution >= 0.6 is 0 Å². The Kier molecular flexibility index (Phi) is 4.34. The van der Waals surface area contributed by atoms with Crippen LogP contribution < -0.4 is 10.9 Å². The van der Waals surface area contributed by atoms with Crippen LogP contribution in [0.5, 0.6) is 0 Å². The van der Waals surface area contributed by atoms with Crippen molar-refractivity contribution in [1.82, 2.24) is 19.4 Å². The van der Waals surface area contributed by atoms with E-state index < -0.39 is 0 Å². The molecule has 1 N–H and O–H groups in total. The largest absolute Gasteiger partial charge is 0.345 e. The van der Waals surface area contributed by atoms with Crippen molar-refractivity contribution in [1.29, 1.82) is 0 Å². The molecule has 0 bridgehead atoms. The third-order valence-electron chi connectivity index (χ3n) is 3.04. The molecule has 0 aliphatic rings. The molecule has 0 aliphatic heterocycles. The zero-order valence-electron chi connectivity index (χ0n) is 11.7. The average Bonchev–Trinajstić information content (AvgIpc) is 2.87. The van der Waals surface area contributed by atoms with E-state index in [1.165, 1.54) is 10.6 Å². The van der Waals surface area contributed by atoms with Crippen LogP contribution in [0.4, 0.5) is 0 Å². The monoisotopic (exact) mass is 274 g/mol. The van der Waals surface area contributed by atoms with Crippen LogP contribution in [0.15, 0.2) is 35.5 Å². The van der Waals surface area contributed by atoms with Crippen LogP contribution in [0.2, 0.25) is 0 Å². The van der Waals surface area contributed by atoms with Crippen molar-refractivity contribution in [2.45, 2.75) is 26.4 Å². The molecule has 1 amide bonds. The second-order valence-electron chi connectivity index (χ2n) is 4.56. The van der Waals surface area contributed by atoms with Crippen LogP contribution in [-0.2, 0) is 20.1 Å². The highest BCUT2D eigenvalue weighted by atomic mass is 16.2. The van der Waals surface area contributed by atoms with Crippen molar-refractivity contribution in [2.24, 2.45) is 7.05 Å². The summed E-state index contributed by atoms with van der Waals surface area (Å²) in [5.74, 6) is 0.408. The van der Waals surface area contributed by atoms with Gasteiger partial charge in [0.1, 0.15) is 11.4 Å². The number of nitrogens with zero attached hydrogens (tertiary/aromatic N) is 3. The molecule has 106 valence electrons. The Bertz CT molecular complexity index is 657. The molecule has 0 fully saturated rings. The maximum Gasteiger partial charge on any atom is 0.263 e. The fraction of sp³-hybridized carbons (Fsp3) is 0.357. The van der Waals surface area contributed by atoms with Gasteiger partial charge in [-0.05, 0) is 18.6 Å². The summed E-state index contributed by atoms with van der Waals surface area (Å²) < 4.78 is 3.37. The van der Waals surface area contributed by atoms with E-state index in [1.54, 1.807) is 25.5 Å². The maximum absolute atomic E-state index is 12.0. The Morgan fingerprint density at radius 2 is 2.20 bits per heavy atom. The molecule has 0 saturated heterocycles. The van der Waals surface area contributed by atoms with E-state index in [1.807, 2.05) is 10.8 Å². The van der Waals surface area contributed by atoms with Gasteiger partial charge < -0.3 is 14.5 Å². The number of carbonyl (C=O) groups is 1. The maximum atomic E-state index is 12.0. The molecule has 2 aromatic heterocycles. The van der Waals surface area contributed by atoms with Crippen LogP contribution in [0.1, 0.15) is 29.5 Å². The molecule has 2 aromatic rings. The van der Waals surface area contributed by atoms with Gasteiger partial charge in [-0.3, -0.25) is 9.59 Å². The molecule has 0 aliphatic carbocycles. The third-order valence-corrected chi connectivity index (χ3v) is 3.04. The molecular weight excluding hydrogens is 256 g/mol. The van der Waals surface area contributed by atoms with Crippen molar-refractivity contribution in [3.8, 4) is 0 Å². The van der Waals surface area contributed by atoms with Gasteiger partial charge in [-0.1, -0.05) is 6.92 Å². The highest BCUT2D eigenvalue weighted by molar-refractivity contribution is 5.93. The van der Waals surface area contributed by atoms with E-state index >= 15 is 0 Å². The normalized spacial score (nSPS) is 10.5. The van der Waals surface area contributed by atoms with Gasteiger partial charge in [0.05, 0.1) is 6.54 Å². The molecule has 0 radical (unpaired) electrons. The predicted molar refractivity (Wildman–Crippen MR) is 75.4 cm³/mol. The first-order valence-corrected chi connectivity index (χ1v) is 6.57. The van der Waals surface area contributed by atoms with Crippen LogP contribution in [0, 0.1) is 0 Å². The summed E-state index contributed by atoms with van der Waals surface area (Å²) in [7, 11) is 1.62. The first-order chi connectivity index (χ1) is 9.63. The van der Waals surface area contributed by atoms with Gasteiger partial charge in [0, 0.05) is 32.2 Å². The minimum absolute atomic E-state index is 0.142. The Hall–Kier alpha value is -2.37. The lowest BCUT2D eigenvalue weighted by Gasteiger charge is -2.08. The number of nitrogens with one attached hydrogen (secondary N) is 1. The number of imidazole rings is 1. The SMILES string of the molecule is CCCn1ccnc1CNC(=O)c1cccn(C)c1=O. The Labute approximate surface area is 117 Å². The summed E-state index contributed by atoms with van der Waals surface area (Å²) in [6.45, 7) is 3.25. The molecule has 2 heterocycles. The average molecular weight is 274 g/mol. The first-order valence-electron chi connectivity index (χ1n) is 6.57. The van der Waals surface area contributed by atoms with Gasteiger partial charge in [0.25, 0.3) is 11.5 Å². The number of aryl methyl sites for hydroxylation is 2. The van der Waals surface area contributed by atoms with Gasteiger partial charge >= 0.3 is 0 Å². The number of amides is 1. The van der Waals surface area contributed by atoms with Gasteiger partial charge in [-0.15, -0.1) is 0 Å². The van der Waals surface area contributed by atoms with E-state index in [2.05, 4.69) is 17.2 Å². The van der Waals surface area contributed by atoms with E-state index in [0.717, 1.165) is 18.8 Å². The van der Waals surface area contributed by atoms with E-state index in [4.69, 9.17) is 0 Å². The van der Waals surface area contributed by atoms with Crippen LogP contribution in [0.3, 0.4) is 0 Å². The van der Waals surface area contributed by atoms with E-state index in [9.17, 15) is 9.59 Å². The first kappa shape index (κ1) is 14.0. The zero-order valence-corrected chi connectivity index (χ0v) is 11.7. The van der Waals surface area contributed by atoms with Crippen LogP contribution in [-0.4, -0.2) is 20.0 Å². The molecule has 20 heavy (non-hydrogen) atoms. The molecule has 0 unspecified atom stereocenters. The third kappa shape index (κ3) is 2.96. The van der Waals surface area contributed by atoms with Gasteiger partial charge in [0.2, 0.25) is 0 Å². The summed E-state index contributed by atoms with van der Waals surface area (Å²) in [6, 6.07) is 3.20. The van der Waals surface area contributed by atoms with Crippen molar-refractivity contribution >= 4 is 5.91 Å². The lowest BCUT2D eigenvalue weighted by molar-refractivity contribution is 0.0947. The molecular formula is C14H18N4O2. The fourth-order valence-corrected chi connectivity index (χ4v) is 1.98. The topological polar surface area (TPSA) is 68.9 Å². The van der Waals surface area contributed by atoms with Gasteiger partial charge in [-0.2, -0.15) is 0 Å². The van der Waals surface area contributed by atoms with E-state index in [0.29, 0.717) is 6.54 Å². The van der Waals surface area contributed by atoms with Crippen LogP contribution in [0.25, 0.3) is 0 Å². The molecule has 0 spiro atoms. The molecule has 6 heteroatoms. The standard InChI is InChI=1S/C14H18N4O2/c1-3-7-18-9-6-15-12(18)10-16-13(19)11-5-4-8-17(2)14(11)20/h4-6,8-9H,3,7,10H2,1-2H3,(H,16,19). The van der Waals surface area contributed by atoms with Crippen molar-refractivity contribution < 1.29 is 4.79 Å². The summed E-state index contributed by atoms with van der Waals surface area (Å²) in [6.07, 6.45) is 6.20. The Morgan fingerprint density at radius 1 is 1.40 bits per heavy atom. The molecule has 6 nitrogen and oxygen atoms in total. The lowest BCUT2D eigenvalue weighted by atomic mass is 10.2. The number of hydrogen-bond acceptors (Lipinski definition) is 3. The van der Waals surface area contributed by atoms with Gasteiger partial charge in [0.15, 0.2) is 0 Å². The van der Waals surface area contributed by atoms with Crippen molar-refractivity contribution in [3.05, 3.63) is 52.5 Å². The highest BCUT2D eigenvalue weighted by Gasteiger charge is 2.11. The Morgan fingerprint density at radius 3 is 2.95 bits per heavy atom. The minimum Gasteiger partial charge on any atom is -0.345 e. The number of pyridine rings is 1. The summed E-state index contributed by atoms with van der Waals surface area (Å²) in [5, 5.41) is 2.73. The number of aromatic nitrogens is 3. The summed E-state index contributed by atoms with van der Waals surface area (Å²) in [5.41, 5.74) is -0.162. The second kappa shape index (κ2) is 6.18. The Balaban J connectivity index is 2.07. The van der Waals surface area contributed by atoms with E-state index in [-0.39, 0.29) is 17.0 Å². The minimum atomic E-state index is -0.378. The molecule has 0 aromatic carbocycles. The smallest absolute Gasteiger partial charge is 0.263 e. The predicted octanol–water partition coefficient (Wildman–Crippen LogP) is 0.922. The lowest BCUT2D eigenvalue weighted by Crippen LogP contribution is -2.32. The molecule has 0 saturated carbocycles. The number of rotatable bonds is 5. The quantitative estimate of drug-likeness (QED) is 0.881. The fourth-order valence-electron chi connectivity index (χ4n) is 1.98. The van der Waals surface area contributed by atoms with Gasteiger partial charge in [-0.25, -0.2) is 4.98 Å². The molecule has 0 atom stereocenters. The zero-order chi connectivity index (χ0) is 14.5. The van der Waals surface area contributed by atoms with Crippen molar-refractivity contribution in [2.75, 3.05) is 0 Å². The summed E-state index contributed by atoms with van der Waals surface area (Å²) in [4.78, 5) is 28.0. The number of carbonyl (C=O) groups excluding carboxylic acids is 1. The number of hydrogen-bond donors (Lipinski definition) is 1. The summed E-state index contributed by atoms with van der Waals surface area (Å²) >= 11 is 0. The highest BCUT2D eigenvalue weighted by Crippen LogP contribution is 2.00. The molecule has 2 rings (SSSR count).